The Bertz CT molecular complexity index is 912. The molecule has 10 heteroatoms. The van der Waals surface area contributed by atoms with Crippen LogP contribution in [0.5, 0.6) is 6.01 Å². The van der Waals surface area contributed by atoms with Gasteiger partial charge in [-0.05, 0) is 49.9 Å². The number of aromatic nitrogens is 2. The van der Waals surface area contributed by atoms with E-state index < -0.39 is 10.0 Å². The summed E-state index contributed by atoms with van der Waals surface area (Å²) >= 11 is 5.75. The molecule has 1 saturated carbocycles. The van der Waals surface area contributed by atoms with Gasteiger partial charge in [-0.3, -0.25) is 4.79 Å². The molecule has 1 aliphatic rings. The van der Waals surface area contributed by atoms with E-state index in [1.807, 2.05) is 0 Å². The first kappa shape index (κ1) is 20.5. The van der Waals surface area contributed by atoms with Crippen LogP contribution >= 0.6 is 11.6 Å². The number of carbonyl (C=O) groups excluding carboxylic acids is 1. The van der Waals surface area contributed by atoms with Crippen LogP contribution in [0.1, 0.15) is 32.6 Å². The maximum Gasteiger partial charge on any atom is 0.316 e. The first-order valence-corrected chi connectivity index (χ1v) is 10.7. The van der Waals surface area contributed by atoms with E-state index in [1.54, 1.807) is 12.1 Å². The molecule has 2 N–H and O–H groups in total. The van der Waals surface area contributed by atoms with Crippen LogP contribution in [0.25, 0.3) is 0 Å². The minimum absolute atomic E-state index is 0.0566. The van der Waals surface area contributed by atoms with Gasteiger partial charge in [0.1, 0.15) is 6.10 Å². The van der Waals surface area contributed by atoms with Crippen molar-refractivity contribution in [3.63, 3.8) is 0 Å². The minimum atomic E-state index is -3.63. The van der Waals surface area contributed by atoms with Crippen LogP contribution in [-0.2, 0) is 14.8 Å². The molecule has 0 unspecified atom stereocenters. The van der Waals surface area contributed by atoms with Crippen molar-refractivity contribution in [3.05, 3.63) is 41.7 Å². The molecule has 0 radical (unpaired) electrons. The molecule has 0 spiro atoms. The number of nitrogens with one attached hydrogen (secondary N) is 2. The fourth-order valence-corrected chi connectivity index (χ4v) is 4.42. The summed E-state index contributed by atoms with van der Waals surface area (Å²) in [5, 5.41) is 3.05. The second-order valence-corrected chi connectivity index (χ2v) is 8.75. The number of halogens is 1. The van der Waals surface area contributed by atoms with Crippen LogP contribution in [0, 0.1) is 0 Å². The second kappa shape index (κ2) is 8.85. The first-order valence-electron chi connectivity index (χ1n) is 8.86. The van der Waals surface area contributed by atoms with Crippen LogP contribution in [0.4, 0.5) is 5.69 Å². The van der Waals surface area contributed by atoms with E-state index in [9.17, 15) is 13.2 Å². The van der Waals surface area contributed by atoms with Gasteiger partial charge < -0.3 is 10.1 Å². The zero-order valence-electron chi connectivity index (χ0n) is 15.3. The molecular formula is C18H21ClN4O4S. The summed E-state index contributed by atoms with van der Waals surface area (Å²) in [4.78, 5) is 19.2. The fraction of sp³-hybridized carbons (Fsp3) is 0.389. The van der Waals surface area contributed by atoms with E-state index in [-0.39, 0.29) is 29.0 Å². The van der Waals surface area contributed by atoms with Crippen LogP contribution in [-0.4, -0.2) is 36.4 Å². The Morgan fingerprint density at radius 1 is 1.11 bits per heavy atom. The van der Waals surface area contributed by atoms with Gasteiger partial charge in [-0.15, -0.1) is 0 Å². The van der Waals surface area contributed by atoms with Gasteiger partial charge in [-0.1, -0.05) is 11.6 Å². The highest BCUT2D eigenvalue weighted by atomic mass is 35.5. The molecule has 1 heterocycles. The zero-order chi connectivity index (χ0) is 20.1. The number of sulfonamides is 1. The predicted molar refractivity (Wildman–Crippen MR) is 105 cm³/mol. The van der Waals surface area contributed by atoms with E-state index in [0.29, 0.717) is 36.4 Å². The molecule has 1 aliphatic carbocycles. The molecule has 150 valence electrons. The SMILES string of the molecule is CC(=O)Nc1ccc(S(=O)(=O)NC2CCC(Oc3ncc(Cl)cn3)CC2)cc1. The van der Waals surface area contributed by atoms with Crippen molar-refractivity contribution in [2.45, 2.75) is 49.6 Å². The van der Waals surface area contributed by atoms with Gasteiger partial charge >= 0.3 is 6.01 Å². The fourth-order valence-electron chi connectivity index (χ4n) is 3.02. The lowest BCUT2D eigenvalue weighted by Gasteiger charge is -2.28. The summed E-state index contributed by atoms with van der Waals surface area (Å²) in [6, 6.07) is 6.18. The number of hydrogen-bond acceptors (Lipinski definition) is 6. The van der Waals surface area contributed by atoms with Gasteiger partial charge in [0.25, 0.3) is 0 Å². The van der Waals surface area contributed by atoms with E-state index in [4.69, 9.17) is 16.3 Å². The molecule has 1 amide bonds. The van der Waals surface area contributed by atoms with Crippen LogP contribution in [0.2, 0.25) is 5.02 Å². The summed E-state index contributed by atoms with van der Waals surface area (Å²) in [7, 11) is -3.63. The summed E-state index contributed by atoms with van der Waals surface area (Å²) in [6.07, 6.45) is 5.59. The normalized spacial score (nSPS) is 19.8. The Kier molecular flexibility index (Phi) is 6.48. The highest BCUT2D eigenvalue weighted by molar-refractivity contribution is 7.89. The molecule has 1 fully saturated rings. The maximum absolute atomic E-state index is 12.6. The lowest BCUT2D eigenvalue weighted by atomic mass is 9.94. The highest BCUT2D eigenvalue weighted by Crippen LogP contribution is 2.24. The Morgan fingerprint density at radius 2 is 1.71 bits per heavy atom. The van der Waals surface area contributed by atoms with Gasteiger partial charge in [-0.25, -0.2) is 23.1 Å². The van der Waals surface area contributed by atoms with E-state index >= 15 is 0 Å². The molecule has 8 nitrogen and oxygen atoms in total. The summed E-state index contributed by atoms with van der Waals surface area (Å²) in [5.41, 5.74) is 0.550. The molecule has 0 aliphatic heterocycles. The van der Waals surface area contributed by atoms with E-state index in [1.165, 1.54) is 31.5 Å². The summed E-state index contributed by atoms with van der Waals surface area (Å²) < 4.78 is 33.6. The van der Waals surface area contributed by atoms with Gasteiger partial charge in [0, 0.05) is 18.7 Å². The Hall–Kier alpha value is -2.23. The summed E-state index contributed by atoms with van der Waals surface area (Å²) in [6.45, 7) is 1.39. The van der Waals surface area contributed by atoms with Crippen molar-refractivity contribution < 1.29 is 17.9 Å². The topological polar surface area (TPSA) is 110 Å². The molecule has 28 heavy (non-hydrogen) atoms. The number of ether oxygens (including phenoxy) is 1. The Morgan fingerprint density at radius 3 is 2.29 bits per heavy atom. The first-order chi connectivity index (χ1) is 13.3. The molecule has 2 aromatic rings. The quantitative estimate of drug-likeness (QED) is 0.737. The zero-order valence-corrected chi connectivity index (χ0v) is 16.8. The number of nitrogens with zero attached hydrogens (tertiary/aromatic N) is 2. The molecule has 0 atom stereocenters. The van der Waals surface area contributed by atoms with Gasteiger partial charge in [0.05, 0.1) is 22.3 Å². The van der Waals surface area contributed by atoms with Crippen molar-refractivity contribution >= 4 is 33.2 Å². The molecule has 0 saturated heterocycles. The average Bonchev–Trinajstić information content (AvgIpc) is 2.65. The lowest BCUT2D eigenvalue weighted by molar-refractivity contribution is -0.114. The van der Waals surface area contributed by atoms with Crippen LogP contribution in [0.15, 0.2) is 41.6 Å². The molecule has 1 aromatic carbocycles. The van der Waals surface area contributed by atoms with Gasteiger partial charge in [0.15, 0.2) is 0 Å². The minimum Gasteiger partial charge on any atom is -0.460 e. The third-order valence-corrected chi connectivity index (χ3v) is 6.08. The molecule has 1 aromatic heterocycles. The van der Waals surface area contributed by atoms with Crippen LogP contribution in [0.3, 0.4) is 0 Å². The van der Waals surface area contributed by atoms with E-state index in [2.05, 4.69) is 20.0 Å². The Labute approximate surface area is 168 Å². The number of carbonyl (C=O) groups is 1. The molecular weight excluding hydrogens is 404 g/mol. The number of hydrogen-bond donors (Lipinski definition) is 2. The third-order valence-electron chi connectivity index (χ3n) is 4.35. The van der Waals surface area contributed by atoms with Crippen molar-refractivity contribution in [3.8, 4) is 6.01 Å². The smallest absolute Gasteiger partial charge is 0.316 e. The number of benzene rings is 1. The highest BCUT2D eigenvalue weighted by Gasteiger charge is 2.27. The molecule has 3 rings (SSSR count). The van der Waals surface area contributed by atoms with E-state index in [0.717, 1.165) is 0 Å². The lowest BCUT2D eigenvalue weighted by Crippen LogP contribution is -2.39. The average molecular weight is 425 g/mol. The maximum atomic E-state index is 12.6. The monoisotopic (exact) mass is 424 g/mol. The largest absolute Gasteiger partial charge is 0.460 e. The number of anilines is 1. The standard InChI is InChI=1S/C18H21ClN4O4S/c1-12(24)22-14-4-8-17(9-5-14)28(25,26)23-15-2-6-16(7-3-15)27-18-20-10-13(19)11-21-18/h4-5,8-11,15-16,23H,2-3,6-7H2,1H3,(H,22,24). The van der Waals surface area contributed by atoms with Crippen LogP contribution < -0.4 is 14.8 Å². The van der Waals surface area contributed by atoms with Crippen molar-refractivity contribution in [1.82, 2.24) is 14.7 Å². The predicted octanol–water partition coefficient (Wildman–Crippen LogP) is 2.76. The summed E-state index contributed by atoms with van der Waals surface area (Å²) in [5.74, 6) is -0.211. The van der Waals surface area contributed by atoms with Gasteiger partial charge in [-0.2, -0.15) is 0 Å². The number of amides is 1. The van der Waals surface area contributed by atoms with Crippen molar-refractivity contribution in [2.24, 2.45) is 0 Å². The second-order valence-electron chi connectivity index (χ2n) is 6.60. The number of rotatable bonds is 6. The van der Waals surface area contributed by atoms with Crippen molar-refractivity contribution in [1.29, 1.82) is 0 Å². The Balaban J connectivity index is 1.53. The van der Waals surface area contributed by atoms with Crippen molar-refractivity contribution in [2.75, 3.05) is 5.32 Å². The van der Waals surface area contributed by atoms with Gasteiger partial charge in [0.2, 0.25) is 15.9 Å². The molecule has 0 bridgehead atoms. The third kappa shape index (κ3) is 5.63.